The highest BCUT2D eigenvalue weighted by atomic mass is 19.4. The Balaban J connectivity index is 1.48. The molecule has 1 aromatic carbocycles. The maximum atomic E-state index is 14.4. The van der Waals surface area contributed by atoms with Gasteiger partial charge in [-0.3, -0.25) is 9.59 Å². The number of aromatic nitrogens is 1. The van der Waals surface area contributed by atoms with Crippen LogP contribution in [-0.4, -0.2) is 81.2 Å². The Morgan fingerprint density at radius 3 is 2.18 bits per heavy atom. The monoisotopic (exact) mass is 565 g/mol. The summed E-state index contributed by atoms with van der Waals surface area (Å²) >= 11 is 0. The van der Waals surface area contributed by atoms with E-state index in [9.17, 15) is 59.2 Å². The summed E-state index contributed by atoms with van der Waals surface area (Å²) in [6, 6.07) is 2.21. The van der Waals surface area contributed by atoms with Crippen LogP contribution < -0.4 is 4.90 Å². The standard InChI is InChI=1S/C22H12F9N5O3/c23-19(24,20(25,26)21(27,28)22(29,30)31)17(38)34-8-9-5-13(34)15-16(37)36(18(39)35(9)15)14-7-33-12(6-32)10-3-1-2-4-11(10)14/h1-4,7,9,13,15H,5,8H2/t9?,13?,15-/m1/s1. The number of hydrogen-bond donors (Lipinski definition) is 0. The summed E-state index contributed by atoms with van der Waals surface area (Å²) in [7, 11) is 0. The molecule has 3 atom stereocenters. The van der Waals surface area contributed by atoms with Crippen molar-refractivity contribution < 1.29 is 53.9 Å². The second-order valence-corrected chi connectivity index (χ2v) is 9.09. The van der Waals surface area contributed by atoms with E-state index in [0.717, 1.165) is 11.1 Å². The molecule has 4 heterocycles. The number of nitriles is 1. The molecule has 8 nitrogen and oxygen atoms in total. The third-order valence-electron chi connectivity index (χ3n) is 7.06. The lowest BCUT2D eigenvalue weighted by atomic mass is 10.0. The molecule has 1 aromatic heterocycles. The summed E-state index contributed by atoms with van der Waals surface area (Å²) in [5.74, 6) is -25.1. The molecule has 3 aliphatic heterocycles. The number of amides is 4. The van der Waals surface area contributed by atoms with Crippen molar-refractivity contribution in [3.8, 4) is 6.07 Å². The number of carbonyl (C=O) groups excluding carboxylic acids is 3. The molecule has 206 valence electrons. The molecule has 0 N–H and O–H groups in total. The number of nitrogens with zero attached hydrogens (tertiary/aromatic N) is 5. The minimum atomic E-state index is -7.26. The number of benzene rings is 1. The van der Waals surface area contributed by atoms with Gasteiger partial charge in [0.1, 0.15) is 17.8 Å². The van der Waals surface area contributed by atoms with E-state index < -0.39 is 66.5 Å². The number of hydrogen-bond acceptors (Lipinski definition) is 5. The largest absolute Gasteiger partial charge is 0.460 e. The van der Waals surface area contributed by atoms with Crippen molar-refractivity contribution in [3.63, 3.8) is 0 Å². The Hall–Kier alpha value is -4.10. The van der Waals surface area contributed by atoms with Crippen molar-refractivity contribution in [1.82, 2.24) is 14.8 Å². The smallest absolute Gasteiger partial charge is 0.330 e. The van der Waals surface area contributed by atoms with Gasteiger partial charge < -0.3 is 9.80 Å². The van der Waals surface area contributed by atoms with E-state index in [0.29, 0.717) is 4.90 Å². The number of pyridine rings is 1. The zero-order valence-corrected chi connectivity index (χ0v) is 18.9. The number of urea groups is 1. The van der Waals surface area contributed by atoms with Crippen LogP contribution >= 0.6 is 0 Å². The SMILES string of the molecule is N#Cc1ncc(N2C(=O)[C@H]3C4CC(CN4C(=O)C(F)(F)C(F)(F)C(F)(F)C(F)(F)F)N3C2=O)c2ccccc12. The third-order valence-corrected chi connectivity index (χ3v) is 7.06. The van der Waals surface area contributed by atoms with Gasteiger partial charge in [0.2, 0.25) is 0 Å². The Bertz CT molecular complexity index is 1470. The number of anilines is 1. The van der Waals surface area contributed by atoms with Crippen LogP contribution in [0.1, 0.15) is 12.1 Å². The van der Waals surface area contributed by atoms with Gasteiger partial charge in [0, 0.05) is 17.3 Å². The molecule has 39 heavy (non-hydrogen) atoms. The summed E-state index contributed by atoms with van der Waals surface area (Å²) in [6.45, 7) is -0.914. The summed E-state index contributed by atoms with van der Waals surface area (Å²) in [6.07, 6.45) is -6.46. The van der Waals surface area contributed by atoms with Crippen molar-refractivity contribution in [2.45, 2.75) is 48.5 Å². The fourth-order valence-corrected chi connectivity index (χ4v) is 5.25. The molecule has 2 aromatic rings. The first kappa shape index (κ1) is 26.5. The third kappa shape index (κ3) is 3.26. The van der Waals surface area contributed by atoms with Crippen molar-refractivity contribution in [2.75, 3.05) is 11.4 Å². The van der Waals surface area contributed by atoms with Crippen LogP contribution in [0.4, 0.5) is 50.0 Å². The maximum absolute atomic E-state index is 14.4. The van der Waals surface area contributed by atoms with Crippen LogP contribution in [0.15, 0.2) is 30.5 Å². The molecular weight excluding hydrogens is 553 g/mol. The molecule has 0 radical (unpaired) electrons. The molecule has 3 saturated heterocycles. The van der Waals surface area contributed by atoms with Gasteiger partial charge in [-0.1, -0.05) is 24.3 Å². The molecule has 17 heteroatoms. The summed E-state index contributed by atoms with van der Waals surface area (Å²) in [5.41, 5.74) is -0.169. The van der Waals surface area contributed by atoms with Crippen LogP contribution in [0.25, 0.3) is 10.8 Å². The zero-order valence-electron chi connectivity index (χ0n) is 18.9. The minimum absolute atomic E-state index is 0.0513. The molecule has 0 aliphatic carbocycles. The van der Waals surface area contributed by atoms with E-state index in [2.05, 4.69) is 4.98 Å². The predicted octanol–water partition coefficient (Wildman–Crippen LogP) is 3.69. The molecule has 3 fully saturated rings. The number of piperazine rings is 1. The van der Waals surface area contributed by atoms with Crippen molar-refractivity contribution in [3.05, 3.63) is 36.2 Å². The molecule has 0 spiro atoms. The average molecular weight is 565 g/mol. The Kier molecular flexibility index (Phi) is 5.41. The van der Waals surface area contributed by atoms with Crippen LogP contribution in [0.2, 0.25) is 0 Å². The van der Waals surface area contributed by atoms with E-state index in [1.54, 1.807) is 6.07 Å². The number of fused-ring (bicyclic) bond motifs is 6. The van der Waals surface area contributed by atoms with E-state index in [1.807, 2.05) is 6.07 Å². The quantitative estimate of drug-likeness (QED) is 0.416. The fourth-order valence-electron chi connectivity index (χ4n) is 5.25. The highest BCUT2D eigenvalue weighted by Crippen LogP contribution is 2.54. The lowest BCUT2D eigenvalue weighted by Crippen LogP contribution is -2.67. The van der Waals surface area contributed by atoms with Crippen molar-refractivity contribution >= 4 is 34.3 Å². The number of carbonyl (C=O) groups is 3. The molecule has 3 aliphatic rings. The molecule has 4 amide bonds. The summed E-state index contributed by atoms with van der Waals surface area (Å²) in [5, 5.41) is 9.74. The Morgan fingerprint density at radius 2 is 1.59 bits per heavy atom. The molecular formula is C22H12F9N5O3. The van der Waals surface area contributed by atoms with Gasteiger partial charge in [0.25, 0.3) is 11.8 Å². The number of alkyl halides is 9. The van der Waals surface area contributed by atoms with Crippen LogP contribution in [-0.2, 0) is 9.59 Å². The van der Waals surface area contributed by atoms with E-state index in [1.165, 1.54) is 18.2 Å². The Labute approximate surface area is 211 Å². The van der Waals surface area contributed by atoms with E-state index in [4.69, 9.17) is 0 Å². The first-order chi connectivity index (χ1) is 18.0. The summed E-state index contributed by atoms with van der Waals surface area (Å²) < 4.78 is 121. The molecule has 2 unspecified atom stereocenters. The van der Waals surface area contributed by atoms with Gasteiger partial charge in [0.15, 0.2) is 0 Å². The normalized spacial score (nSPS) is 23.6. The van der Waals surface area contributed by atoms with E-state index >= 15 is 0 Å². The first-order valence-corrected chi connectivity index (χ1v) is 10.9. The van der Waals surface area contributed by atoms with Gasteiger partial charge in [0.05, 0.1) is 24.0 Å². The van der Waals surface area contributed by atoms with Crippen LogP contribution in [0, 0.1) is 11.3 Å². The molecule has 2 bridgehead atoms. The zero-order chi connectivity index (χ0) is 28.9. The highest BCUT2D eigenvalue weighted by Gasteiger charge is 2.84. The maximum Gasteiger partial charge on any atom is 0.460 e. The second-order valence-electron chi connectivity index (χ2n) is 9.09. The van der Waals surface area contributed by atoms with Crippen LogP contribution in [0.5, 0.6) is 0 Å². The van der Waals surface area contributed by atoms with E-state index in [-0.39, 0.29) is 33.5 Å². The number of imide groups is 1. The van der Waals surface area contributed by atoms with Crippen molar-refractivity contribution in [1.29, 1.82) is 5.26 Å². The van der Waals surface area contributed by atoms with Gasteiger partial charge in [-0.15, -0.1) is 0 Å². The van der Waals surface area contributed by atoms with Crippen LogP contribution in [0.3, 0.4) is 0 Å². The van der Waals surface area contributed by atoms with Crippen molar-refractivity contribution in [2.24, 2.45) is 0 Å². The molecule has 5 rings (SSSR count). The lowest BCUT2D eigenvalue weighted by molar-refractivity contribution is -0.389. The lowest BCUT2D eigenvalue weighted by Gasteiger charge is -2.39. The predicted molar refractivity (Wildman–Crippen MR) is 110 cm³/mol. The first-order valence-electron chi connectivity index (χ1n) is 10.9. The minimum Gasteiger partial charge on any atom is -0.330 e. The Morgan fingerprint density at radius 1 is 0.974 bits per heavy atom. The average Bonchev–Trinajstić information content (AvgIpc) is 3.53. The van der Waals surface area contributed by atoms with Gasteiger partial charge in [-0.25, -0.2) is 14.7 Å². The molecule has 0 saturated carbocycles. The van der Waals surface area contributed by atoms with Gasteiger partial charge >= 0.3 is 30.0 Å². The topological polar surface area (TPSA) is 97.6 Å². The number of rotatable bonds is 4. The number of halogens is 9. The van der Waals surface area contributed by atoms with Gasteiger partial charge in [-0.05, 0) is 6.42 Å². The highest BCUT2D eigenvalue weighted by molar-refractivity contribution is 6.25. The fraction of sp³-hybridized carbons (Fsp3) is 0.409. The summed E-state index contributed by atoms with van der Waals surface area (Å²) in [4.78, 5) is 44.2. The van der Waals surface area contributed by atoms with Gasteiger partial charge in [-0.2, -0.15) is 44.8 Å². The number of likely N-dealkylation sites (tertiary alicyclic amines) is 1. The second kappa shape index (κ2) is 7.96.